The highest BCUT2D eigenvalue weighted by molar-refractivity contribution is 6.42. The minimum Gasteiger partial charge on any atom is -0.485 e. The summed E-state index contributed by atoms with van der Waals surface area (Å²) in [6, 6.07) is 14.7. The summed E-state index contributed by atoms with van der Waals surface area (Å²) in [5.41, 5.74) is 6.24. The molecular weight excluding hydrogens is 425 g/mol. The van der Waals surface area contributed by atoms with Crippen LogP contribution in [-0.2, 0) is 4.79 Å². The summed E-state index contributed by atoms with van der Waals surface area (Å²) in [4.78, 5) is 12.4. The highest BCUT2D eigenvalue weighted by Gasteiger charge is 2.27. The fraction of sp³-hybridized carbons (Fsp3) is 0.182. The van der Waals surface area contributed by atoms with Crippen LogP contribution in [0.15, 0.2) is 53.6 Å². The van der Waals surface area contributed by atoms with E-state index in [9.17, 15) is 4.79 Å². The summed E-state index contributed by atoms with van der Waals surface area (Å²) < 4.78 is 13.3. The molecule has 2 heterocycles. The van der Waals surface area contributed by atoms with Crippen LogP contribution in [0.5, 0.6) is 11.5 Å². The molecular formula is C22H19Cl2N3O3. The second kappa shape index (κ2) is 8.42. The number of para-hydroxylation sites is 2. The maximum Gasteiger partial charge on any atom is 0.284 e. The molecule has 1 amide bonds. The summed E-state index contributed by atoms with van der Waals surface area (Å²) in [7, 11) is 0. The zero-order valence-corrected chi connectivity index (χ0v) is 17.9. The van der Waals surface area contributed by atoms with E-state index in [4.69, 9.17) is 32.7 Å². The molecule has 1 aliphatic heterocycles. The molecule has 0 aliphatic carbocycles. The van der Waals surface area contributed by atoms with Crippen LogP contribution >= 0.6 is 23.2 Å². The van der Waals surface area contributed by atoms with Crippen LogP contribution in [0.3, 0.4) is 0 Å². The second-order valence-corrected chi connectivity index (χ2v) is 7.67. The lowest BCUT2D eigenvalue weighted by atomic mass is 10.2. The zero-order valence-electron chi connectivity index (χ0n) is 16.4. The molecule has 6 nitrogen and oxygen atoms in total. The first-order valence-electron chi connectivity index (χ1n) is 9.30. The van der Waals surface area contributed by atoms with Gasteiger partial charge in [-0.25, -0.2) is 5.43 Å². The highest BCUT2D eigenvalue weighted by Crippen LogP contribution is 2.31. The molecule has 1 aliphatic rings. The number of fused-ring (bicyclic) bond motifs is 1. The summed E-state index contributed by atoms with van der Waals surface area (Å²) >= 11 is 12.2. The SMILES string of the molecule is Cc1cc(/C=N\NC(=O)[C@@H]2COc3ccccc3O2)c(C)n1-c1ccc(Cl)c(Cl)c1. The van der Waals surface area contributed by atoms with E-state index in [-0.39, 0.29) is 12.5 Å². The van der Waals surface area contributed by atoms with Gasteiger partial charge in [0, 0.05) is 22.6 Å². The number of hydrazone groups is 1. The first kappa shape index (κ1) is 20.3. The molecule has 0 fully saturated rings. The predicted octanol–water partition coefficient (Wildman–Crippen LogP) is 4.69. The van der Waals surface area contributed by atoms with Gasteiger partial charge in [-0.3, -0.25) is 4.79 Å². The fourth-order valence-corrected chi connectivity index (χ4v) is 3.62. The predicted molar refractivity (Wildman–Crippen MR) is 117 cm³/mol. The highest BCUT2D eigenvalue weighted by atomic mass is 35.5. The Morgan fingerprint density at radius 3 is 2.67 bits per heavy atom. The van der Waals surface area contributed by atoms with E-state index in [1.165, 1.54) is 0 Å². The van der Waals surface area contributed by atoms with E-state index in [0.29, 0.717) is 21.5 Å². The number of benzene rings is 2. The Labute approximate surface area is 184 Å². The maximum atomic E-state index is 12.4. The lowest BCUT2D eigenvalue weighted by Crippen LogP contribution is -2.42. The number of nitrogens with zero attached hydrogens (tertiary/aromatic N) is 2. The third-order valence-electron chi connectivity index (χ3n) is 4.81. The number of carbonyl (C=O) groups excluding carboxylic acids is 1. The number of ether oxygens (including phenoxy) is 2. The van der Waals surface area contributed by atoms with Crippen molar-refractivity contribution in [2.45, 2.75) is 20.0 Å². The lowest BCUT2D eigenvalue weighted by Gasteiger charge is -2.24. The number of aromatic nitrogens is 1. The zero-order chi connectivity index (χ0) is 21.3. The van der Waals surface area contributed by atoms with Gasteiger partial charge in [0.15, 0.2) is 11.5 Å². The molecule has 0 radical (unpaired) electrons. The number of nitrogens with one attached hydrogen (secondary N) is 1. The van der Waals surface area contributed by atoms with Crippen LogP contribution in [0.25, 0.3) is 5.69 Å². The Morgan fingerprint density at radius 1 is 1.13 bits per heavy atom. The van der Waals surface area contributed by atoms with Crippen LogP contribution in [0.4, 0.5) is 0 Å². The quantitative estimate of drug-likeness (QED) is 0.469. The standard InChI is InChI=1S/C22H19Cl2N3O3/c1-13-9-15(14(2)27(13)16-7-8-17(23)18(24)10-16)11-25-26-22(28)21-12-29-19-5-3-4-6-20(19)30-21/h3-11,21H,12H2,1-2H3,(H,26,28)/b25-11-/t21-/m0/s1. The summed E-state index contributed by atoms with van der Waals surface area (Å²) in [6.45, 7) is 4.08. The molecule has 1 atom stereocenters. The number of rotatable bonds is 4. The van der Waals surface area contributed by atoms with Gasteiger partial charge >= 0.3 is 0 Å². The Bertz CT molecular complexity index is 1140. The molecule has 0 saturated carbocycles. The van der Waals surface area contributed by atoms with Crippen molar-refractivity contribution in [3.63, 3.8) is 0 Å². The molecule has 3 aromatic rings. The average Bonchev–Trinajstić information content (AvgIpc) is 3.03. The van der Waals surface area contributed by atoms with Gasteiger partial charge in [0.05, 0.1) is 16.3 Å². The third kappa shape index (κ3) is 4.01. The van der Waals surface area contributed by atoms with E-state index < -0.39 is 6.10 Å². The molecule has 1 N–H and O–H groups in total. The molecule has 0 bridgehead atoms. The van der Waals surface area contributed by atoms with Gasteiger partial charge in [0.2, 0.25) is 6.10 Å². The Morgan fingerprint density at radius 2 is 1.90 bits per heavy atom. The van der Waals surface area contributed by atoms with Crippen LogP contribution in [0, 0.1) is 13.8 Å². The van der Waals surface area contributed by atoms with Crippen molar-refractivity contribution in [2.75, 3.05) is 6.61 Å². The van der Waals surface area contributed by atoms with Gasteiger partial charge < -0.3 is 14.0 Å². The Hall–Kier alpha value is -2.96. The number of hydrogen-bond donors (Lipinski definition) is 1. The minimum atomic E-state index is -0.763. The molecule has 1 aromatic heterocycles. The second-order valence-electron chi connectivity index (χ2n) is 6.86. The van der Waals surface area contributed by atoms with E-state index in [1.54, 1.807) is 24.4 Å². The van der Waals surface area contributed by atoms with Crippen LogP contribution in [0.2, 0.25) is 10.0 Å². The monoisotopic (exact) mass is 443 g/mol. The number of halogens is 2. The van der Waals surface area contributed by atoms with Crippen molar-refractivity contribution in [2.24, 2.45) is 5.10 Å². The molecule has 0 unspecified atom stereocenters. The molecule has 30 heavy (non-hydrogen) atoms. The summed E-state index contributed by atoms with van der Waals surface area (Å²) in [5.74, 6) is 0.789. The molecule has 2 aromatic carbocycles. The van der Waals surface area contributed by atoms with Crippen LogP contribution < -0.4 is 14.9 Å². The first-order chi connectivity index (χ1) is 14.4. The number of amides is 1. The van der Waals surface area contributed by atoms with Gasteiger partial charge in [-0.05, 0) is 50.2 Å². The number of carbonyl (C=O) groups is 1. The smallest absolute Gasteiger partial charge is 0.284 e. The lowest BCUT2D eigenvalue weighted by molar-refractivity contribution is -0.130. The topological polar surface area (TPSA) is 64.8 Å². The number of hydrogen-bond acceptors (Lipinski definition) is 4. The molecule has 0 saturated heterocycles. The van der Waals surface area contributed by atoms with Gasteiger partial charge in [-0.15, -0.1) is 0 Å². The van der Waals surface area contributed by atoms with Crippen molar-refractivity contribution in [3.8, 4) is 17.2 Å². The molecule has 4 rings (SSSR count). The van der Waals surface area contributed by atoms with Crippen molar-refractivity contribution in [3.05, 3.63) is 75.5 Å². The Balaban J connectivity index is 1.46. The van der Waals surface area contributed by atoms with E-state index in [0.717, 1.165) is 22.6 Å². The largest absolute Gasteiger partial charge is 0.485 e. The average molecular weight is 444 g/mol. The van der Waals surface area contributed by atoms with E-state index in [1.807, 2.05) is 48.7 Å². The van der Waals surface area contributed by atoms with Crippen molar-refractivity contribution < 1.29 is 14.3 Å². The van der Waals surface area contributed by atoms with Crippen LogP contribution in [-0.4, -0.2) is 29.4 Å². The summed E-state index contributed by atoms with van der Waals surface area (Å²) in [6.07, 6.45) is 0.840. The minimum absolute atomic E-state index is 0.129. The van der Waals surface area contributed by atoms with Crippen LogP contribution in [0.1, 0.15) is 17.0 Å². The molecule has 0 spiro atoms. The van der Waals surface area contributed by atoms with Gasteiger partial charge in [0.25, 0.3) is 5.91 Å². The van der Waals surface area contributed by atoms with Crippen molar-refractivity contribution >= 4 is 35.3 Å². The van der Waals surface area contributed by atoms with Gasteiger partial charge in [-0.1, -0.05) is 35.3 Å². The van der Waals surface area contributed by atoms with Crippen molar-refractivity contribution in [1.82, 2.24) is 9.99 Å². The van der Waals surface area contributed by atoms with E-state index >= 15 is 0 Å². The van der Waals surface area contributed by atoms with E-state index in [2.05, 4.69) is 10.5 Å². The molecule has 154 valence electrons. The molecule has 8 heteroatoms. The third-order valence-corrected chi connectivity index (χ3v) is 5.55. The van der Waals surface area contributed by atoms with Gasteiger partial charge in [0.1, 0.15) is 6.61 Å². The number of aryl methyl sites for hydroxylation is 1. The maximum absolute atomic E-state index is 12.4. The van der Waals surface area contributed by atoms with Gasteiger partial charge in [-0.2, -0.15) is 5.10 Å². The van der Waals surface area contributed by atoms with Crippen molar-refractivity contribution in [1.29, 1.82) is 0 Å². The normalized spacial score (nSPS) is 15.4. The summed E-state index contributed by atoms with van der Waals surface area (Å²) in [5, 5.41) is 5.08. The Kier molecular flexibility index (Phi) is 5.70. The fourth-order valence-electron chi connectivity index (χ4n) is 3.33. The first-order valence-corrected chi connectivity index (χ1v) is 10.1.